The summed E-state index contributed by atoms with van der Waals surface area (Å²) in [5, 5.41) is 2.92. The van der Waals surface area contributed by atoms with Crippen LogP contribution in [0.1, 0.15) is 11.1 Å². The molecule has 3 rings (SSSR count). The average Bonchev–Trinajstić information content (AvgIpc) is 2.84. The van der Waals surface area contributed by atoms with Gasteiger partial charge >= 0.3 is 0 Å². The lowest BCUT2D eigenvalue weighted by Gasteiger charge is -2.14. The van der Waals surface area contributed by atoms with Gasteiger partial charge < -0.3 is 10.1 Å². The topological polar surface area (TPSA) is 58.6 Å². The number of anilines is 1. The number of halogens is 1. The zero-order valence-electron chi connectivity index (χ0n) is 14.6. The van der Waals surface area contributed by atoms with Crippen LogP contribution in [0.5, 0.6) is 0 Å². The zero-order chi connectivity index (χ0) is 18.7. The van der Waals surface area contributed by atoms with Gasteiger partial charge in [-0.3, -0.25) is 14.5 Å². The molecular formula is C20H19FN2O3. The van der Waals surface area contributed by atoms with Gasteiger partial charge in [-0.15, -0.1) is 0 Å². The highest BCUT2D eigenvalue weighted by Gasteiger charge is 2.38. The fourth-order valence-corrected chi connectivity index (χ4v) is 2.78. The summed E-state index contributed by atoms with van der Waals surface area (Å²) >= 11 is 0. The van der Waals surface area contributed by atoms with Crippen molar-refractivity contribution in [1.82, 2.24) is 4.90 Å². The number of carbonyl (C=O) groups excluding carboxylic acids is 2. The third kappa shape index (κ3) is 3.50. The van der Waals surface area contributed by atoms with E-state index in [0.29, 0.717) is 11.3 Å². The van der Waals surface area contributed by atoms with E-state index in [-0.39, 0.29) is 24.4 Å². The van der Waals surface area contributed by atoms with E-state index >= 15 is 0 Å². The number of amides is 2. The highest BCUT2D eigenvalue weighted by atomic mass is 19.1. The van der Waals surface area contributed by atoms with Gasteiger partial charge in [-0.1, -0.05) is 35.9 Å². The second kappa shape index (κ2) is 7.49. The van der Waals surface area contributed by atoms with Gasteiger partial charge in [-0.05, 0) is 30.7 Å². The molecule has 0 fully saturated rings. The SMILES string of the molecule is COCCN1C(=O)C(Nc2cccc(F)c2)=C(c2ccc(C)cc2)C1=O. The predicted octanol–water partition coefficient (Wildman–Crippen LogP) is 2.97. The van der Waals surface area contributed by atoms with Crippen molar-refractivity contribution in [1.29, 1.82) is 0 Å². The highest BCUT2D eigenvalue weighted by Crippen LogP contribution is 2.30. The summed E-state index contributed by atoms with van der Waals surface area (Å²) in [5.74, 6) is -1.28. The molecule has 1 aliphatic rings. The van der Waals surface area contributed by atoms with Crippen molar-refractivity contribution >= 4 is 23.1 Å². The normalized spacial score (nSPS) is 14.3. The maximum absolute atomic E-state index is 13.5. The van der Waals surface area contributed by atoms with Crippen molar-refractivity contribution in [2.45, 2.75) is 6.92 Å². The Morgan fingerprint density at radius 3 is 2.46 bits per heavy atom. The predicted molar refractivity (Wildman–Crippen MR) is 96.7 cm³/mol. The number of rotatable bonds is 6. The Bertz CT molecular complexity index is 875. The monoisotopic (exact) mass is 354 g/mol. The highest BCUT2D eigenvalue weighted by molar-refractivity contribution is 6.36. The lowest BCUT2D eigenvalue weighted by atomic mass is 10.0. The molecule has 0 unspecified atom stereocenters. The van der Waals surface area contributed by atoms with Crippen LogP contribution in [-0.2, 0) is 14.3 Å². The molecule has 1 N–H and O–H groups in total. The first-order chi connectivity index (χ1) is 12.5. The third-order valence-corrected chi connectivity index (χ3v) is 4.12. The second-order valence-corrected chi connectivity index (χ2v) is 6.01. The molecule has 0 aromatic heterocycles. The summed E-state index contributed by atoms with van der Waals surface area (Å²) in [6.07, 6.45) is 0. The minimum atomic E-state index is -0.452. The van der Waals surface area contributed by atoms with Gasteiger partial charge in [0.15, 0.2) is 0 Å². The molecule has 134 valence electrons. The molecule has 0 bridgehead atoms. The number of ether oxygens (including phenoxy) is 1. The van der Waals surface area contributed by atoms with Crippen molar-refractivity contribution in [2.75, 3.05) is 25.6 Å². The van der Waals surface area contributed by atoms with Crippen LogP contribution in [0, 0.1) is 12.7 Å². The van der Waals surface area contributed by atoms with Crippen molar-refractivity contribution in [3.05, 3.63) is 71.2 Å². The molecule has 2 aromatic carbocycles. The van der Waals surface area contributed by atoms with E-state index in [4.69, 9.17) is 4.74 Å². The molecule has 2 aromatic rings. The number of hydrogen-bond donors (Lipinski definition) is 1. The lowest BCUT2D eigenvalue weighted by molar-refractivity contribution is -0.137. The molecule has 0 atom stereocenters. The van der Waals surface area contributed by atoms with Gasteiger partial charge in [-0.25, -0.2) is 4.39 Å². The van der Waals surface area contributed by atoms with Crippen molar-refractivity contribution < 1.29 is 18.7 Å². The summed E-state index contributed by atoms with van der Waals surface area (Å²) in [4.78, 5) is 26.8. The van der Waals surface area contributed by atoms with Gasteiger partial charge in [0.25, 0.3) is 11.8 Å². The molecule has 5 nitrogen and oxygen atoms in total. The first-order valence-corrected chi connectivity index (χ1v) is 8.20. The number of hydrogen-bond acceptors (Lipinski definition) is 4. The number of aryl methyl sites for hydroxylation is 1. The van der Waals surface area contributed by atoms with Crippen LogP contribution < -0.4 is 5.32 Å². The minimum Gasteiger partial charge on any atom is -0.383 e. The number of nitrogens with one attached hydrogen (secondary N) is 1. The van der Waals surface area contributed by atoms with E-state index in [1.165, 1.54) is 25.3 Å². The Balaban J connectivity index is 2.03. The lowest BCUT2D eigenvalue weighted by Crippen LogP contribution is -2.35. The summed E-state index contributed by atoms with van der Waals surface area (Å²) in [7, 11) is 1.51. The second-order valence-electron chi connectivity index (χ2n) is 6.01. The van der Waals surface area contributed by atoms with Crippen LogP contribution in [0.2, 0.25) is 0 Å². The molecule has 0 spiro atoms. The van der Waals surface area contributed by atoms with E-state index in [0.717, 1.165) is 10.5 Å². The molecular weight excluding hydrogens is 335 g/mol. The van der Waals surface area contributed by atoms with E-state index in [1.54, 1.807) is 18.2 Å². The molecule has 6 heteroatoms. The Kier molecular flexibility index (Phi) is 5.14. The quantitative estimate of drug-likeness (QED) is 0.811. The number of nitrogens with zero attached hydrogens (tertiary/aromatic N) is 1. The van der Waals surface area contributed by atoms with Crippen LogP contribution in [0.4, 0.5) is 10.1 Å². The summed E-state index contributed by atoms with van der Waals surface area (Å²) in [5.41, 5.74) is 2.49. The van der Waals surface area contributed by atoms with Gasteiger partial charge in [0, 0.05) is 12.8 Å². The molecule has 0 aliphatic carbocycles. The van der Waals surface area contributed by atoms with E-state index in [1.807, 2.05) is 19.1 Å². The van der Waals surface area contributed by atoms with Gasteiger partial charge in [-0.2, -0.15) is 0 Å². The van der Waals surface area contributed by atoms with Crippen molar-refractivity contribution in [3.63, 3.8) is 0 Å². The van der Waals surface area contributed by atoms with Crippen molar-refractivity contribution in [3.8, 4) is 0 Å². The average molecular weight is 354 g/mol. The van der Waals surface area contributed by atoms with Crippen LogP contribution >= 0.6 is 0 Å². The number of methoxy groups -OCH3 is 1. The smallest absolute Gasteiger partial charge is 0.278 e. The zero-order valence-corrected chi connectivity index (χ0v) is 14.6. The van der Waals surface area contributed by atoms with Gasteiger partial charge in [0.2, 0.25) is 0 Å². The summed E-state index contributed by atoms with van der Waals surface area (Å²) in [6, 6.07) is 13.1. The Morgan fingerprint density at radius 1 is 1.08 bits per heavy atom. The van der Waals surface area contributed by atoms with Crippen LogP contribution in [0.25, 0.3) is 5.57 Å². The molecule has 26 heavy (non-hydrogen) atoms. The summed E-state index contributed by atoms with van der Waals surface area (Å²) in [6.45, 7) is 2.33. The van der Waals surface area contributed by atoms with Gasteiger partial charge in [0.05, 0.1) is 18.7 Å². The summed E-state index contributed by atoms with van der Waals surface area (Å²) < 4.78 is 18.5. The molecule has 2 amide bonds. The van der Waals surface area contributed by atoms with Crippen LogP contribution in [0.3, 0.4) is 0 Å². The van der Waals surface area contributed by atoms with E-state index in [9.17, 15) is 14.0 Å². The number of carbonyl (C=O) groups is 2. The molecule has 1 heterocycles. The Labute approximate surface area is 151 Å². The third-order valence-electron chi connectivity index (χ3n) is 4.12. The van der Waals surface area contributed by atoms with Crippen molar-refractivity contribution in [2.24, 2.45) is 0 Å². The molecule has 0 saturated carbocycles. The molecule has 1 aliphatic heterocycles. The Hall–Kier alpha value is -2.99. The standard InChI is InChI=1S/C20H19FN2O3/c1-13-6-8-14(9-7-13)17-18(22-16-5-3-4-15(21)12-16)20(25)23(19(17)24)10-11-26-2/h3-9,12,22H,10-11H2,1-2H3. The maximum Gasteiger partial charge on any atom is 0.278 e. The van der Waals surface area contributed by atoms with Gasteiger partial charge in [0.1, 0.15) is 11.5 Å². The first-order valence-electron chi connectivity index (χ1n) is 8.20. The number of imide groups is 1. The van der Waals surface area contributed by atoms with Crippen LogP contribution in [0.15, 0.2) is 54.2 Å². The maximum atomic E-state index is 13.5. The Morgan fingerprint density at radius 2 is 1.81 bits per heavy atom. The largest absolute Gasteiger partial charge is 0.383 e. The van der Waals surface area contributed by atoms with Crippen LogP contribution in [-0.4, -0.2) is 37.0 Å². The number of benzene rings is 2. The fraction of sp³-hybridized carbons (Fsp3) is 0.200. The van der Waals surface area contributed by atoms with E-state index < -0.39 is 17.6 Å². The minimum absolute atomic E-state index is 0.139. The molecule has 0 radical (unpaired) electrons. The fourth-order valence-electron chi connectivity index (χ4n) is 2.78. The molecule has 0 saturated heterocycles. The first kappa shape index (κ1) is 17.8. The van der Waals surface area contributed by atoms with E-state index in [2.05, 4.69) is 5.32 Å².